The average Bonchev–Trinajstić information content (AvgIpc) is 2.92. The number of amides is 1. The van der Waals surface area contributed by atoms with E-state index in [1.807, 2.05) is 44.2 Å². The summed E-state index contributed by atoms with van der Waals surface area (Å²) in [5.41, 5.74) is 0.539. The van der Waals surface area contributed by atoms with Crippen molar-refractivity contribution in [1.29, 1.82) is 0 Å². The summed E-state index contributed by atoms with van der Waals surface area (Å²) in [6.07, 6.45) is 1.97. The van der Waals surface area contributed by atoms with E-state index in [4.69, 9.17) is 4.42 Å². The summed E-state index contributed by atoms with van der Waals surface area (Å²) in [5, 5.41) is 7.47. The Morgan fingerprint density at radius 3 is 2.95 bits per heavy atom. The molecule has 1 saturated heterocycles. The summed E-state index contributed by atoms with van der Waals surface area (Å²) in [4.78, 5) is 12.5. The minimum Gasteiger partial charge on any atom is -0.459 e. The van der Waals surface area contributed by atoms with Crippen LogP contribution in [0.25, 0.3) is 11.0 Å². The van der Waals surface area contributed by atoms with Crippen molar-refractivity contribution in [2.45, 2.75) is 32.7 Å². The van der Waals surface area contributed by atoms with Gasteiger partial charge in [0.1, 0.15) is 11.3 Å². The maximum atomic E-state index is 12.5. The number of fused-ring (bicyclic) bond motifs is 1. The Balaban J connectivity index is 1.73. The second kappa shape index (κ2) is 5.53. The smallest absolute Gasteiger partial charge is 0.227 e. The van der Waals surface area contributed by atoms with Crippen LogP contribution in [-0.4, -0.2) is 19.0 Å². The van der Waals surface area contributed by atoms with Gasteiger partial charge in [-0.25, -0.2) is 0 Å². The minimum absolute atomic E-state index is 0.0997. The molecular weight excluding hydrogens is 264 g/mol. The molecule has 2 N–H and O–H groups in total. The van der Waals surface area contributed by atoms with Crippen LogP contribution in [-0.2, 0) is 4.79 Å². The van der Waals surface area contributed by atoms with Gasteiger partial charge in [0.15, 0.2) is 0 Å². The van der Waals surface area contributed by atoms with Crippen molar-refractivity contribution in [1.82, 2.24) is 10.6 Å². The third-order valence-electron chi connectivity index (χ3n) is 4.36. The Morgan fingerprint density at radius 2 is 2.24 bits per heavy atom. The molecule has 0 aliphatic carbocycles. The van der Waals surface area contributed by atoms with Crippen LogP contribution in [0.5, 0.6) is 0 Å². The second-order valence-corrected chi connectivity index (χ2v) is 6.22. The molecule has 1 fully saturated rings. The maximum absolute atomic E-state index is 12.5. The van der Waals surface area contributed by atoms with E-state index in [2.05, 4.69) is 10.6 Å². The molecule has 1 aliphatic heterocycles. The van der Waals surface area contributed by atoms with Gasteiger partial charge in [-0.1, -0.05) is 18.2 Å². The fourth-order valence-electron chi connectivity index (χ4n) is 2.91. The molecule has 4 nitrogen and oxygen atoms in total. The highest BCUT2D eigenvalue weighted by molar-refractivity contribution is 5.83. The lowest BCUT2D eigenvalue weighted by molar-refractivity contribution is -0.131. The van der Waals surface area contributed by atoms with Crippen molar-refractivity contribution in [3.8, 4) is 0 Å². The highest BCUT2D eigenvalue weighted by Gasteiger charge is 2.35. The van der Waals surface area contributed by atoms with Crippen LogP contribution in [0.4, 0.5) is 0 Å². The van der Waals surface area contributed by atoms with E-state index in [0.717, 1.165) is 42.7 Å². The number of hydrogen-bond acceptors (Lipinski definition) is 3. The largest absolute Gasteiger partial charge is 0.459 e. The van der Waals surface area contributed by atoms with Crippen molar-refractivity contribution >= 4 is 16.9 Å². The van der Waals surface area contributed by atoms with Gasteiger partial charge < -0.3 is 15.1 Å². The molecule has 2 atom stereocenters. The zero-order chi connectivity index (χ0) is 14.9. The normalized spacial score (nSPS) is 23.9. The van der Waals surface area contributed by atoms with Gasteiger partial charge >= 0.3 is 0 Å². The molecular formula is C17H22N2O2. The predicted molar refractivity (Wildman–Crippen MR) is 83.0 cm³/mol. The average molecular weight is 286 g/mol. The van der Waals surface area contributed by atoms with E-state index >= 15 is 0 Å². The second-order valence-electron chi connectivity index (χ2n) is 6.22. The number of carbonyl (C=O) groups is 1. The summed E-state index contributed by atoms with van der Waals surface area (Å²) in [6, 6.07) is 9.78. The highest BCUT2D eigenvalue weighted by Crippen LogP contribution is 2.28. The van der Waals surface area contributed by atoms with Gasteiger partial charge in [-0.3, -0.25) is 4.79 Å². The molecule has 2 unspecified atom stereocenters. The number of benzene rings is 1. The van der Waals surface area contributed by atoms with Crippen LogP contribution in [0, 0.1) is 5.41 Å². The zero-order valence-electron chi connectivity index (χ0n) is 12.6. The summed E-state index contributed by atoms with van der Waals surface area (Å²) >= 11 is 0. The quantitative estimate of drug-likeness (QED) is 0.912. The number of carbonyl (C=O) groups excluding carboxylic acids is 1. The minimum atomic E-state index is -0.321. The van der Waals surface area contributed by atoms with Gasteiger partial charge in [0.2, 0.25) is 5.91 Å². The van der Waals surface area contributed by atoms with Crippen molar-refractivity contribution in [3.05, 3.63) is 36.1 Å². The van der Waals surface area contributed by atoms with E-state index in [0.29, 0.717) is 0 Å². The van der Waals surface area contributed by atoms with Crippen LogP contribution in [0.2, 0.25) is 0 Å². The van der Waals surface area contributed by atoms with Crippen LogP contribution >= 0.6 is 0 Å². The Bertz CT molecular complexity index is 608. The van der Waals surface area contributed by atoms with E-state index in [1.54, 1.807) is 0 Å². The highest BCUT2D eigenvalue weighted by atomic mass is 16.3. The molecule has 1 amide bonds. The molecule has 21 heavy (non-hydrogen) atoms. The molecule has 3 rings (SSSR count). The first-order valence-corrected chi connectivity index (χ1v) is 7.59. The standard InChI is InChI=1S/C17H22N2O2/c1-12(15-10-13-6-3-4-7-14(13)21-15)19-16(20)17(2)8-5-9-18-11-17/h3-4,6-7,10,12,18H,5,8-9,11H2,1-2H3,(H,19,20). The van der Waals surface area contributed by atoms with Crippen molar-refractivity contribution in [2.24, 2.45) is 5.41 Å². The van der Waals surface area contributed by atoms with E-state index in [9.17, 15) is 4.79 Å². The van der Waals surface area contributed by atoms with E-state index < -0.39 is 0 Å². The van der Waals surface area contributed by atoms with Crippen molar-refractivity contribution in [3.63, 3.8) is 0 Å². The van der Waals surface area contributed by atoms with Crippen LogP contribution < -0.4 is 10.6 Å². The van der Waals surface area contributed by atoms with E-state index in [-0.39, 0.29) is 17.4 Å². The van der Waals surface area contributed by atoms with Crippen LogP contribution in [0.3, 0.4) is 0 Å². The molecule has 0 bridgehead atoms. The number of rotatable bonds is 3. The lowest BCUT2D eigenvalue weighted by Gasteiger charge is -2.33. The third kappa shape index (κ3) is 2.81. The van der Waals surface area contributed by atoms with Crippen LogP contribution in [0.1, 0.15) is 38.5 Å². The number of furan rings is 1. The van der Waals surface area contributed by atoms with Gasteiger partial charge in [0.05, 0.1) is 11.5 Å². The Kier molecular flexibility index (Phi) is 3.72. The fourth-order valence-corrected chi connectivity index (χ4v) is 2.91. The summed E-state index contributed by atoms with van der Waals surface area (Å²) in [6.45, 7) is 5.74. The third-order valence-corrected chi connectivity index (χ3v) is 4.36. The monoisotopic (exact) mass is 286 g/mol. The first-order valence-electron chi connectivity index (χ1n) is 7.59. The molecule has 1 aliphatic rings. The van der Waals surface area contributed by atoms with Gasteiger partial charge in [-0.15, -0.1) is 0 Å². The lowest BCUT2D eigenvalue weighted by Crippen LogP contribution is -2.49. The Hall–Kier alpha value is -1.81. The summed E-state index contributed by atoms with van der Waals surface area (Å²) < 4.78 is 5.82. The molecule has 2 heterocycles. The zero-order valence-corrected chi connectivity index (χ0v) is 12.6. The first kappa shape index (κ1) is 14.1. The van der Waals surface area contributed by atoms with Crippen molar-refractivity contribution < 1.29 is 9.21 Å². The number of piperidine rings is 1. The molecule has 4 heteroatoms. The van der Waals surface area contributed by atoms with Gasteiger partial charge in [0, 0.05) is 11.9 Å². The van der Waals surface area contributed by atoms with Crippen LogP contribution in [0.15, 0.2) is 34.7 Å². The molecule has 2 aromatic rings. The molecule has 1 aromatic carbocycles. The molecule has 0 spiro atoms. The molecule has 0 radical (unpaired) electrons. The topological polar surface area (TPSA) is 54.3 Å². The number of para-hydroxylation sites is 1. The lowest BCUT2D eigenvalue weighted by atomic mass is 9.81. The van der Waals surface area contributed by atoms with Crippen molar-refractivity contribution in [2.75, 3.05) is 13.1 Å². The fraction of sp³-hybridized carbons (Fsp3) is 0.471. The molecule has 0 saturated carbocycles. The van der Waals surface area contributed by atoms with E-state index in [1.165, 1.54) is 0 Å². The summed E-state index contributed by atoms with van der Waals surface area (Å²) in [5.74, 6) is 0.902. The predicted octanol–water partition coefficient (Wildman–Crippen LogP) is 3.00. The number of nitrogens with one attached hydrogen (secondary N) is 2. The molecule has 1 aromatic heterocycles. The Labute approximate surface area is 124 Å². The van der Waals surface area contributed by atoms with Gasteiger partial charge in [-0.2, -0.15) is 0 Å². The SMILES string of the molecule is CC(NC(=O)C1(C)CCCNC1)c1cc2ccccc2o1. The maximum Gasteiger partial charge on any atom is 0.227 e. The Morgan fingerprint density at radius 1 is 1.43 bits per heavy atom. The number of hydrogen-bond donors (Lipinski definition) is 2. The van der Waals surface area contributed by atoms with Gasteiger partial charge in [-0.05, 0) is 45.4 Å². The molecule has 112 valence electrons. The van der Waals surface area contributed by atoms with Gasteiger partial charge in [0.25, 0.3) is 0 Å². The first-order chi connectivity index (χ1) is 10.1. The summed E-state index contributed by atoms with van der Waals surface area (Å²) in [7, 11) is 0.